The minimum Gasteiger partial charge on any atom is -0.508 e. The molecule has 0 amide bonds. The van der Waals surface area contributed by atoms with E-state index in [4.69, 9.17) is 0 Å². The van der Waals surface area contributed by atoms with Gasteiger partial charge in [-0.1, -0.05) is 44.0 Å². The Kier molecular flexibility index (Phi) is 9.74. The van der Waals surface area contributed by atoms with E-state index in [0.29, 0.717) is 11.5 Å². The first kappa shape index (κ1) is 28.0. The van der Waals surface area contributed by atoms with Gasteiger partial charge >= 0.3 is 11.7 Å². The first-order valence-corrected chi connectivity index (χ1v) is 14.5. The lowest BCUT2D eigenvalue weighted by atomic mass is 10.1. The van der Waals surface area contributed by atoms with Crippen LogP contribution in [-0.2, 0) is 0 Å². The summed E-state index contributed by atoms with van der Waals surface area (Å²) in [5.74, 6) is 2.58. The Labute approximate surface area is 241 Å². The fraction of sp³-hybridized carbons (Fsp3) is 0.357. The predicted molar refractivity (Wildman–Crippen MR) is 163 cm³/mol. The molecule has 200 valence electrons. The smallest absolute Gasteiger partial charge is 0.312 e. The summed E-state index contributed by atoms with van der Waals surface area (Å²) < 4.78 is 0. The van der Waals surface area contributed by atoms with Gasteiger partial charge in [-0.25, -0.2) is 9.80 Å². The maximum absolute atomic E-state index is 9.91. The number of phenolic OH excluding ortho intramolecular Hbond substituents is 2. The summed E-state index contributed by atoms with van der Waals surface area (Å²) in [5, 5.41) is 26.6. The van der Waals surface area contributed by atoms with Crippen LogP contribution >= 0.6 is 31.9 Å². The van der Waals surface area contributed by atoms with E-state index < -0.39 is 0 Å². The van der Waals surface area contributed by atoms with E-state index in [0.717, 1.165) is 73.2 Å². The lowest BCUT2D eigenvalue weighted by Gasteiger charge is -2.17. The highest BCUT2D eigenvalue weighted by molar-refractivity contribution is 9.10. The molecule has 2 unspecified atom stereocenters. The zero-order chi connectivity index (χ0) is 27.1. The lowest BCUT2D eigenvalue weighted by Crippen LogP contribution is -2.38. The number of aryl methyl sites for hydroxylation is 2. The van der Waals surface area contributed by atoms with Gasteiger partial charge in [-0.15, -0.1) is 0 Å². The Morgan fingerprint density at radius 1 is 0.737 bits per heavy atom. The average molecular weight is 646 g/mol. The van der Waals surface area contributed by atoms with Crippen LogP contribution in [0.3, 0.4) is 0 Å². The van der Waals surface area contributed by atoms with Crippen molar-refractivity contribution in [3.05, 3.63) is 72.3 Å². The molecule has 2 aromatic carbocycles. The van der Waals surface area contributed by atoms with Crippen molar-refractivity contribution in [1.29, 1.82) is 0 Å². The first-order chi connectivity index (χ1) is 18.3. The van der Waals surface area contributed by atoms with Gasteiger partial charge in [0.15, 0.2) is 12.4 Å². The third-order valence-electron chi connectivity index (χ3n) is 6.51. The Morgan fingerprint density at radius 3 is 1.55 bits per heavy atom. The molecule has 4 rings (SSSR count). The second kappa shape index (κ2) is 13.2. The molecule has 10 heteroatoms. The van der Waals surface area contributed by atoms with E-state index in [1.54, 1.807) is 12.1 Å². The largest absolute Gasteiger partial charge is 0.508 e. The van der Waals surface area contributed by atoms with Gasteiger partial charge in [0.2, 0.25) is 0 Å². The number of nitrogens with one attached hydrogen (secondary N) is 2. The standard InChI is InChI=1S/C28H34Br2N6O2/c1-19-3-5-21(17-25(19)37)31-9-13-35-15-11-33-27(35)23(29)7-8-24(30)28-34-12-16-36(28)14-10-32-22-6-4-20(2)26(38)18-22/h3-6,11-12,15-18,23-24,31-32,37-38H,7-10,13-14H2,1-2H3/q+2. The third kappa shape index (κ3) is 7.32. The van der Waals surface area contributed by atoms with Crippen molar-refractivity contribution >= 4 is 54.9 Å². The fourth-order valence-electron chi connectivity index (χ4n) is 4.21. The van der Waals surface area contributed by atoms with E-state index in [2.05, 4.69) is 62.3 Å². The third-order valence-corrected chi connectivity index (χ3v) is 8.25. The van der Waals surface area contributed by atoms with Crippen molar-refractivity contribution in [3.63, 3.8) is 0 Å². The first-order valence-electron chi connectivity index (χ1n) is 12.7. The summed E-state index contributed by atoms with van der Waals surface area (Å²) in [5.41, 5.74) is 3.52. The van der Waals surface area contributed by atoms with E-state index in [1.807, 2.05) is 62.9 Å². The molecule has 0 bridgehead atoms. The van der Waals surface area contributed by atoms with Crippen LogP contribution in [0.2, 0.25) is 0 Å². The van der Waals surface area contributed by atoms with Crippen molar-refractivity contribution < 1.29 is 10.2 Å². The molecule has 38 heavy (non-hydrogen) atoms. The number of nitrogens with zero attached hydrogens (tertiary/aromatic N) is 4. The maximum atomic E-state index is 9.91. The number of aromatic hydroxyl groups is 2. The summed E-state index contributed by atoms with van der Waals surface area (Å²) in [6.45, 7) is 6.74. The summed E-state index contributed by atoms with van der Waals surface area (Å²) in [4.78, 5) is 13.7. The van der Waals surface area contributed by atoms with Crippen LogP contribution in [0.4, 0.5) is 11.4 Å². The predicted octanol–water partition coefficient (Wildman–Crippen LogP) is 4.59. The topological polar surface area (TPSA) is 99.2 Å². The van der Waals surface area contributed by atoms with Crippen LogP contribution in [0.15, 0.2) is 61.2 Å². The number of alkyl halides is 2. The van der Waals surface area contributed by atoms with Crippen molar-refractivity contribution in [1.82, 2.24) is 19.8 Å². The SMILES string of the molecule is Cc1ccc(NCCN2C=C[N+]=C2C(Br)CCC(Br)C2=[N+]C=CN2CCNc2ccc(C)c(O)c2)cc1O. The quantitative estimate of drug-likeness (QED) is 0.238. The van der Waals surface area contributed by atoms with E-state index >= 15 is 0 Å². The number of halogens is 2. The molecule has 0 aromatic heterocycles. The average Bonchev–Trinajstić information content (AvgIpc) is 3.56. The molecule has 0 aliphatic carbocycles. The molecule has 2 aliphatic heterocycles. The number of hydrogen-bond acceptors (Lipinski definition) is 8. The number of benzene rings is 2. The number of rotatable bonds is 13. The normalized spacial score (nSPS) is 16.0. The molecule has 0 spiro atoms. The molecule has 2 radical (unpaired) electrons. The van der Waals surface area contributed by atoms with Crippen molar-refractivity contribution in [2.24, 2.45) is 0 Å². The van der Waals surface area contributed by atoms with Gasteiger partial charge in [-0.3, -0.25) is 0 Å². The molecular weight excluding hydrogens is 612 g/mol. The van der Waals surface area contributed by atoms with Crippen molar-refractivity contribution in [3.8, 4) is 11.5 Å². The number of anilines is 2. The Morgan fingerprint density at radius 2 is 1.16 bits per heavy atom. The molecule has 0 fully saturated rings. The van der Waals surface area contributed by atoms with Crippen LogP contribution in [-0.4, -0.2) is 67.5 Å². The summed E-state index contributed by atoms with van der Waals surface area (Å²) in [6.07, 6.45) is 9.44. The van der Waals surface area contributed by atoms with E-state index in [9.17, 15) is 10.2 Å². The van der Waals surface area contributed by atoms with E-state index in [-0.39, 0.29) is 9.65 Å². The van der Waals surface area contributed by atoms with Gasteiger partial charge in [0.1, 0.15) is 46.6 Å². The molecule has 2 aliphatic rings. The summed E-state index contributed by atoms with van der Waals surface area (Å²) >= 11 is 7.69. The molecular formula is C28H34Br2N6O2+2. The fourth-order valence-corrected chi connectivity index (χ4v) is 5.50. The zero-order valence-corrected chi connectivity index (χ0v) is 24.8. The minimum atomic E-state index is 0.111. The Hall–Kier alpha value is -2.98. The van der Waals surface area contributed by atoms with Crippen LogP contribution in [0.25, 0.3) is 0 Å². The Bertz CT molecular complexity index is 1150. The number of amidine groups is 2. The molecule has 0 saturated heterocycles. The van der Waals surface area contributed by atoms with Crippen LogP contribution < -0.4 is 20.6 Å². The van der Waals surface area contributed by atoms with Crippen LogP contribution in [0.1, 0.15) is 24.0 Å². The number of aliphatic imine (C=N–C) groups is 2. The van der Waals surface area contributed by atoms with Gasteiger partial charge in [0.25, 0.3) is 0 Å². The highest BCUT2D eigenvalue weighted by Gasteiger charge is 2.34. The molecule has 0 saturated carbocycles. The van der Waals surface area contributed by atoms with Crippen LogP contribution in [0, 0.1) is 13.8 Å². The highest BCUT2D eigenvalue weighted by Crippen LogP contribution is 2.23. The summed E-state index contributed by atoms with van der Waals surface area (Å²) in [7, 11) is 0. The highest BCUT2D eigenvalue weighted by atomic mass is 79.9. The molecule has 2 heterocycles. The van der Waals surface area contributed by atoms with E-state index in [1.165, 1.54) is 0 Å². The number of phenols is 2. The van der Waals surface area contributed by atoms with Crippen molar-refractivity contribution in [2.45, 2.75) is 36.3 Å². The molecule has 2 atom stereocenters. The van der Waals surface area contributed by atoms with Gasteiger partial charge < -0.3 is 20.8 Å². The molecule has 2 aromatic rings. The van der Waals surface area contributed by atoms with Gasteiger partial charge in [-0.05, 0) is 59.9 Å². The lowest BCUT2D eigenvalue weighted by molar-refractivity contribution is 0.471. The monoisotopic (exact) mass is 644 g/mol. The van der Waals surface area contributed by atoms with Gasteiger partial charge in [0, 0.05) is 23.5 Å². The van der Waals surface area contributed by atoms with Gasteiger partial charge in [-0.2, -0.15) is 0 Å². The number of hydrogen-bond donors (Lipinski definition) is 4. The van der Waals surface area contributed by atoms with Crippen LogP contribution in [0.5, 0.6) is 11.5 Å². The molecule has 8 nitrogen and oxygen atoms in total. The maximum Gasteiger partial charge on any atom is 0.312 e. The molecule has 4 N–H and O–H groups in total. The van der Waals surface area contributed by atoms with Crippen molar-refractivity contribution in [2.75, 3.05) is 36.8 Å². The second-order valence-corrected chi connectivity index (χ2v) is 11.5. The second-order valence-electron chi connectivity index (χ2n) is 9.33. The van der Waals surface area contributed by atoms with Gasteiger partial charge in [0.05, 0.1) is 13.1 Å². The summed E-state index contributed by atoms with van der Waals surface area (Å²) in [6, 6.07) is 11.3. The Balaban J connectivity index is 1.20. The zero-order valence-electron chi connectivity index (χ0n) is 21.6. The minimum absolute atomic E-state index is 0.111.